The van der Waals surface area contributed by atoms with Gasteiger partial charge in [-0.05, 0) is 36.0 Å². The summed E-state index contributed by atoms with van der Waals surface area (Å²) in [5, 5.41) is 0.166. The quantitative estimate of drug-likeness (QED) is 0.856. The average Bonchev–Trinajstić information content (AvgIpc) is 2.23. The largest absolute Gasteiger partial charge is 0.327 e. The molecule has 0 fully saturated rings. The van der Waals surface area contributed by atoms with E-state index < -0.39 is 0 Å². The minimum absolute atomic E-state index is 0.0547. The molecule has 3 heteroatoms. The van der Waals surface area contributed by atoms with Gasteiger partial charge in [0.05, 0.1) is 5.02 Å². The summed E-state index contributed by atoms with van der Waals surface area (Å²) in [4.78, 5) is 0. The number of hydrogen-bond acceptors (Lipinski definition) is 1. The maximum Gasteiger partial charge on any atom is 0.141 e. The monoisotopic (exact) mass is 243 g/mol. The first-order valence-corrected chi connectivity index (χ1v) is 5.94. The molecule has 0 amide bonds. The molecule has 0 aliphatic rings. The van der Waals surface area contributed by atoms with Gasteiger partial charge in [-0.15, -0.1) is 0 Å². The van der Waals surface area contributed by atoms with Gasteiger partial charge in [-0.3, -0.25) is 0 Å². The van der Waals surface area contributed by atoms with Crippen molar-refractivity contribution in [2.45, 2.75) is 39.7 Å². The molecule has 1 aromatic carbocycles. The summed E-state index contributed by atoms with van der Waals surface area (Å²) < 4.78 is 13.0. The predicted octanol–water partition coefficient (Wildman–Crippen LogP) is 3.79. The normalized spacial score (nSPS) is 13.9. The highest BCUT2D eigenvalue weighted by molar-refractivity contribution is 6.30. The minimum Gasteiger partial charge on any atom is -0.327 e. The van der Waals surface area contributed by atoms with Gasteiger partial charge in [-0.1, -0.05) is 38.4 Å². The Labute approximate surface area is 102 Å². The van der Waals surface area contributed by atoms with Crippen LogP contribution in [0, 0.1) is 11.2 Å². The van der Waals surface area contributed by atoms with E-state index in [2.05, 4.69) is 20.8 Å². The maximum atomic E-state index is 13.0. The second-order valence-corrected chi connectivity index (χ2v) is 5.31. The van der Waals surface area contributed by atoms with Crippen molar-refractivity contribution in [3.8, 4) is 0 Å². The Morgan fingerprint density at radius 3 is 2.56 bits per heavy atom. The van der Waals surface area contributed by atoms with Crippen molar-refractivity contribution in [3.05, 3.63) is 34.6 Å². The fraction of sp³-hybridized carbons (Fsp3) is 0.538. The Balaban J connectivity index is 2.77. The molecule has 0 aromatic heterocycles. The lowest BCUT2D eigenvalue weighted by molar-refractivity contribution is 0.272. The van der Waals surface area contributed by atoms with Crippen LogP contribution in [-0.2, 0) is 6.42 Å². The maximum absolute atomic E-state index is 13.0. The fourth-order valence-corrected chi connectivity index (χ4v) is 1.66. The highest BCUT2D eigenvalue weighted by Gasteiger charge is 2.24. The zero-order valence-corrected chi connectivity index (χ0v) is 10.8. The molecule has 0 radical (unpaired) electrons. The molecular weight excluding hydrogens is 225 g/mol. The van der Waals surface area contributed by atoms with Crippen LogP contribution >= 0.6 is 11.6 Å². The molecule has 1 atom stereocenters. The zero-order valence-electron chi connectivity index (χ0n) is 10.1. The molecule has 0 spiro atoms. The van der Waals surface area contributed by atoms with E-state index in [0.29, 0.717) is 0 Å². The van der Waals surface area contributed by atoms with Crippen molar-refractivity contribution < 1.29 is 4.39 Å². The van der Waals surface area contributed by atoms with Gasteiger partial charge in [-0.25, -0.2) is 4.39 Å². The average molecular weight is 244 g/mol. The van der Waals surface area contributed by atoms with Crippen molar-refractivity contribution in [2.75, 3.05) is 0 Å². The molecule has 1 aromatic rings. The van der Waals surface area contributed by atoms with E-state index in [0.717, 1.165) is 18.4 Å². The van der Waals surface area contributed by atoms with E-state index in [4.69, 9.17) is 17.3 Å². The van der Waals surface area contributed by atoms with E-state index in [-0.39, 0.29) is 22.3 Å². The molecule has 16 heavy (non-hydrogen) atoms. The van der Waals surface area contributed by atoms with Gasteiger partial charge in [0.1, 0.15) is 5.82 Å². The number of halogens is 2. The van der Waals surface area contributed by atoms with Crippen molar-refractivity contribution in [2.24, 2.45) is 11.1 Å². The van der Waals surface area contributed by atoms with Gasteiger partial charge in [-0.2, -0.15) is 0 Å². The highest BCUT2D eigenvalue weighted by Crippen LogP contribution is 2.26. The van der Waals surface area contributed by atoms with E-state index in [9.17, 15) is 4.39 Å². The zero-order chi connectivity index (χ0) is 12.3. The van der Waals surface area contributed by atoms with E-state index >= 15 is 0 Å². The molecule has 0 heterocycles. The second kappa shape index (κ2) is 5.15. The summed E-state index contributed by atoms with van der Waals surface area (Å²) in [6.45, 7) is 6.41. The van der Waals surface area contributed by atoms with E-state index in [1.165, 1.54) is 6.07 Å². The molecular formula is C13H19ClFN. The highest BCUT2D eigenvalue weighted by atomic mass is 35.5. The number of rotatable bonds is 4. The molecule has 0 aliphatic carbocycles. The van der Waals surface area contributed by atoms with Gasteiger partial charge >= 0.3 is 0 Å². The third-order valence-corrected chi connectivity index (χ3v) is 3.64. The molecule has 1 nitrogen and oxygen atoms in total. The van der Waals surface area contributed by atoms with Crippen LogP contribution < -0.4 is 5.73 Å². The van der Waals surface area contributed by atoms with Crippen LogP contribution in [0.4, 0.5) is 4.39 Å². The molecule has 0 aliphatic heterocycles. The van der Waals surface area contributed by atoms with Crippen LogP contribution in [0.15, 0.2) is 18.2 Å². The number of hydrogen-bond donors (Lipinski definition) is 1. The first-order chi connectivity index (χ1) is 7.36. The van der Waals surface area contributed by atoms with Crippen molar-refractivity contribution in [3.63, 3.8) is 0 Å². The van der Waals surface area contributed by atoms with E-state index in [1.807, 2.05) is 0 Å². The molecule has 0 saturated heterocycles. The van der Waals surface area contributed by atoms with Crippen LogP contribution in [0.2, 0.25) is 5.02 Å². The molecule has 1 rings (SSSR count). The molecule has 0 bridgehead atoms. The Hall–Kier alpha value is -0.600. The third kappa shape index (κ3) is 3.19. The fourth-order valence-electron chi connectivity index (χ4n) is 1.46. The summed E-state index contributed by atoms with van der Waals surface area (Å²) in [6, 6.07) is 4.84. The van der Waals surface area contributed by atoms with E-state index in [1.54, 1.807) is 12.1 Å². The summed E-state index contributed by atoms with van der Waals surface area (Å²) in [5.74, 6) is -0.381. The summed E-state index contributed by atoms with van der Waals surface area (Å²) in [5.41, 5.74) is 7.22. The standard InChI is InChI=1S/C13H19ClFN/c1-4-13(2,3)12(16)8-9-5-6-11(15)10(14)7-9/h5-7,12H,4,8,16H2,1-3H3. The van der Waals surface area contributed by atoms with Crippen LogP contribution in [0.25, 0.3) is 0 Å². The first kappa shape index (κ1) is 13.5. The molecule has 2 N–H and O–H groups in total. The van der Waals surface area contributed by atoms with Gasteiger partial charge in [0.2, 0.25) is 0 Å². The number of benzene rings is 1. The van der Waals surface area contributed by atoms with Gasteiger partial charge in [0, 0.05) is 6.04 Å². The van der Waals surface area contributed by atoms with Gasteiger partial charge < -0.3 is 5.73 Å². The van der Waals surface area contributed by atoms with Crippen LogP contribution in [0.3, 0.4) is 0 Å². The summed E-state index contributed by atoms with van der Waals surface area (Å²) in [7, 11) is 0. The van der Waals surface area contributed by atoms with Crippen molar-refractivity contribution in [1.29, 1.82) is 0 Å². The van der Waals surface area contributed by atoms with Crippen LogP contribution in [0.5, 0.6) is 0 Å². The predicted molar refractivity (Wildman–Crippen MR) is 67.2 cm³/mol. The lowest BCUT2D eigenvalue weighted by Crippen LogP contribution is -2.38. The lowest BCUT2D eigenvalue weighted by atomic mass is 9.79. The number of nitrogens with two attached hydrogens (primary N) is 1. The SMILES string of the molecule is CCC(C)(C)C(N)Cc1ccc(F)c(Cl)c1. The molecule has 90 valence electrons. The molecule has 1 unspecified atom stereocenters. The molecule has 0 saturated carbocycles. The Bertz CT molecular complexity index is 363. The third-order valence-electron chi connectivity index (χ3n) is 3.35. The summed E-state index contributed by atoms with van der Waals surface area (Å²) in [6.07, 6.45) is 1.74. The first-order valence-electron chi connectivity index (χ1n) is 5.56. The van der Waals surface area contributed by atoms with Crippen LogP contribution in [0.1, 0.15) is 32.8 Å². The Morgan fingerprint density at radius 2 is 2.06 bits per heavy atom. The summed E-state index contributed by atoms with van der Waals surface area (Å²) >= 11 is 5.73. The van der Waals surface area contributed by atoms with Crippen molar-refractivity contribution in [1.82, 2.24) is 0 Å². The van der Waals surface area contributed by atoms with Gasteiger partial charge in [0.25, 0.3) is 0 Å². The minimum atomic E-state index is -0.381. The van der Waals surface area contributed by atoms with Gasteiger partial charge in [0.15, 0.2) is 0 Å². The Kier molecular flexibility index (Phi) is 4.34. The van der Waals surface area contributed by atoms with Crippen LogP contribution in [-0.4, -0.2) is 6.04 Å². The Morgan fingerprint density at radius 1 is 1.44 bits per heavy atom. The van der Waals surface area contributed by atoms with Crippen molar-refractivity contribution >= 4 is 11.6 Å². The topological polar surface area (TPSA) is 26.0 Å². The second-order valence-electron chi connectivity index (χ2n) is 4.90. The smallest absolute Gasteiger partial charge is 0.141 e. The lowest BCUT2D eigenvalue weighted by Gasteiger charge is -2.30.